The van der Waals surface area contributed by atoms with Gasteiger partial charge in [0, 0.05) is 13.6 Å². The van der Waals surface area contributed by atoms with Crippen LogP contribution in [-0.2, 0) is 11.3 Å². The Morgan fingerprint density at radius 2 is 1.94 bits per heavy atom. The minimum atomic E-state index is -4.50. The zero-order valence-corrected chi connectivity index (χ0v) is 10.1. The number of hydrogen-bond donors (Lipinski definition) is 0. The van der Waals surface area contributed by atoms with Gasteiger partial charge in [-0.2, -0.15) is 13.2 Å². The van der Waals surface area contributed by atoms with Gasteiger partial charge in [0.15, 0.2) is 6.61 Å². The van der Waals surface area contributed by atoms with Gasteiger partial charge in [0.25, 0.3) is 0 Å². The van der Waals surface area contributed by atoms with Crippen molar-refractivity contribution in [1.29, 1.82) is 0 Å². The summed E-state index contributed by atoms with van der Waals surface area (Å²) in [5, 5.41) is 0. The molecule has 0 bridgehead atoms. The second-order valence-electron chi connectivity index (χ2n) is 3.95. The minimum Gasteiger partial charge on any atom is -0.440 e. The molecule has 0 unspecified atom stereocenters. The monoisotopic (exact) mass is 261 g/mol. The Balaban J connectivity index is 2.53. The van der Waals surface area contributed by atoms with E-state index in [1.54, 1.807) is 6.07 Å². The number of nitrogens with zero attached hydrogens (tertiary/aromatic N) is 1. The first-order chi connectivity index (χ1) is 8.29. The van der Waals surface area contributed by atoms with Gasteiger partial charge in [-0.25, -0.2) is 4.79 Å². The molecule has 0 spiro atoms. The summed E-state index contributed by atoms with van der Waals surface area (Å²) < 4.78 is 39.8. The Kier molecular flexibility index (Phi) is 4.58. The molecule has 3 nitrogen and oxygen atoms in total. The van der Waals surface area contributed by atoms with Crippen LogP contribution in [0.15, 0.2) is 24.3 Å². The van der Waals surface area contributed by atoms with Crippen LogP contribution in [0.4, 0.5) is 18.0 Å². The maximum Gasteiger partial charge on any atom is 0.422 e. The lowest BCUT2D eigenvalue weighted by Crippen LogP contribution is -2.30. The van der Waals surface area contributed by atoms with E-state index in [0.717, 1.165) is 16.0 Å². The van der Waals surface area contributed by atoms with Crippen LogP contribution >= 0.6 is 0 Å². The van der Waals surface area contributed by atoms with E-state index in [1.807, 2.05) is 25.1 Å². The van der Waals surface area contributed by atoms with Gasteiger partial charge in [-0.3, -0.25) is 0 Å². The number of carbonyl (C=O) groups excluding carboxylic acids is 1. The third kappa shape index (κ3) is 4.65. The Hall–Kier alpha value is -1.72. The van der Waals surface area contributed by atoms with Gasteiger partial charge in [-0.1, -0.05) is 24.3 Å². The van der Waals surface area contributed by atoms with Crippen LogP contribution in [0.25, 0.3) is 0 Å². The van der Waals surface area contributed by atoms with E-state index in [1.165, 1.54) is 7.05 Å². The zero-order chi connectivity index (χ0) is 13.8. The van der Waals surface area contributed by atoms with Crippen LogP contribution in [0.2, 0.25) is 0 Å². The van der Waals surface area contributed by atoms with E-state index in [2.05, 4.69) is 4.74 Å². The fourth-order valence-electron chi connectivity index (χ4n) is 1.36. The van der Waals surface area contributed by atoms with Gasteiger partial charge in [0.05, 0.1) is 0 Å². The number of aryl methyl sites for hydroxylation is 1. The summed E-state index contributed by atoms with van der Waals surface area (Å²) in [5.74, 6) is 0. The summed E-state index contributed by atoms with van der Waals surface area (Å²) >= 11 is 0. The number of benzene rings is 1. The number of halogens is 3. The first-order valence-electron chi connectivity index (χ1n) is 5.29. The molecule has 0 aliphatic rings. The van der Waals surface area contributed by atoms with Crippen molar-refractivity contribution < 1.29 is 22.7 Å². The van der Waals surface area contributed by atoms with Crippen molar-refractivity contribution in [1.82, 2.24) is 4.90 Å². The Bertz CT molecular complexity index is 418. The van der Waals surface area contributed by atoms with E-state index in [0.29, 0.717) is 0 Å². The van der Waals surface area contributed by atoms with Gasteiger partial charge >= 0.3 is 12.3 Å². The Labute approximate surface area is 103 Å². The first-order valence-corrected chi connectivity index (χ1v) is 5.29. The van der Waals surface area contributed by atoms with Crippen molar-refractivity contribution in [3.8, 4) is 0 Å². The lowest BCUT2D eigenvalue weighted by Gasteiger charge is -2.18. The molecule has 0 atom stereocenters. The lowest BCUT2D eigenvalue weighted by atomic mass is 10.1. The van der Waals surface area contributed by atoms with Crippen LogP contribution in [0.1, 0.15) is 11.1 Å². The zero-order valence-electron chi connectivity index (χ0n) is 10.1. The second-order valence-corrected chi connectivity index (χ2v) is 3.95. The summed E-state index contributed by atoms with van der Waals surface area (Å²) in [6.07, 6.45) is -5.49. The molecule has 0 heterocycles. The van der Waals surface area contributed by atoms with Crippen molar-refractivity contribution in [3.63, 3.8) is 0 Å². The number of alkyl halides is 3. The number of ether oxygens (including phenoxy) is 1. The molecule has 0 aliphatic heterocycles. The molecule has 0 radical (unpaired) electrons. The van der Waals surface area contributed by atoms with Gasteiger partial charge in [-0.05, 0) is 18.1 Å². The molecular formula is C12H14F3NO2. The number of rotatable bonds is 3. The lowest BCUT2D eigenvalue weighted by molar-refractivity contribution is -0.162. The quantitative estimate of drug-likeness (QED) is 0.836. The predicted molar refractivity (Wildman–Crippen MR) is 60.0 cm³/mol. The SMILES string of the molecule is Cc1ccccc1CN(C)C(=O)OCC(F)(F)F. The van der Waals surface area contributed by atoms with Crippen LogP contribution in [0, 0.1) is 6.92 Å². The highest BCUT2D eigenvalue weighted by molar-refractivity contribution is 5.67. The molecule has 1 amide bonds. The van der Waals surface area contributed by atoms with E-state index in [4.69, 9.17) is 0 Å². The highest BCUT2D eigenvalue weighted by Crippen LogP contribution is 2.15. The molecule has 6 heteroatoms. The smallest absolute Gasteiger partial charge is 0.422 e. The molecule has 1 aromatic rings. The maximum atomic E-state index is 11.9. The molecule has 1 rings (SSSR count). The second kappa shape index (κ2) is 5.75. The summed E-state index contributed by atoms with van der Waals surface area (Å²) in [4.78, 5) is 12.4. The molecule has 0 saturated heterocycles. The highest BCUT2D eigenvalue weighted by Gasteiger charge is 2.30. The highest BCUT2D eigenvalue weighted by atomic mass is 19.4. The Morgan fingerprint density at radius 1 is 1.33 bits per heavy atom. The standard InChI is InChI=1S/C12H14F3NO2/c1-9-5-3-4-6-10(9)7-16(2)11(17)18-8-12(13,14)15/h3-6H,7-8H2,1-2H3. The summed E-state index contributed by atoms with van der Waals surface area (Å²) in [6.45, 7) is 0.511. The van der Waals surface area contributed by atoms with E-state index in [9.17, 15) is 18.0 Å². The molecule has 0 N–H and O–H groups in total. The van der Waals surface area contributed by atoms with Gasteiger partial charge in [-0.15, -0.1) is 0 Å². The summed E-state index contributed by atoms with van der Waals surface area (Å²) in [7, 11) is 1.39. The van der Waals surface area contributed by atoms with Gasteiger partial charge in [0.1, 0.15) is 0 Å². The van der Waals surface area contributed by atoms with Crippen LogP contribution in [-0.4, -0.2) is 30.8 Å². The minimum absolute atomic E-state index is 0.212. The third-order valence-corrected chi connectivity index (χ3v) is 2.34. The topological polar surface area (TPSA) is 29.5 Å². The summed E-state index contributed by atoms with van der Waals surface area (Å²) in [6, 6.07) is 7.32. The molecule has 1 aromatic carbocycles. The van der Waals surface area contributed by atoms with Gasteiger partial charge in [0.2, 0.25) is 0 Å². The average molecular weight is 261 g/mol. The fourth-order valence-corrected chi connectivity index (χ4v) is 1.36. The van der Waals surface area contributed by atoms with Crippen molar-refractivity contribution in [2.75, 3.05) is 13.7 Å². The normalized spacial score (nSPS) is 11.2. The Morgan fingerprint density at radius 3 is 2.50 bits per heavy atom. The largest absolute Gasteiger partial charge is 0.440 e. The van der Waals surface area contributed by atoms with Crippen LogP contribution in [0.5, 0.6) is 0 Å². The molecule has 18 heavy (non-hydrogen) atoms. The fraction of sp³-hybridized carbons (Fsp3) is 0.417. The van der Waals surface area contributed by atoms with E-state index < -0.39 is 18.9 Å². The average Bonchev–Trinajstić information content (AvgIpc) is 2.28. The van der Waals surface area contributed by atoms with E-state index >= 15 is 0 Å². The molecular weight excluding hydrogens is 247 g/mol. The third-order valence-electron chi connectivity index (χ3n) is 2.34. The van der Waals surface area contributed by atoms with Crippen molar-refractivity contribution in [2.24, 2.45) is 0 Å². The van der Waals surface area contributed by atoms with Crippen molar-refractivity contribution in [3.05, 3.63) is 35.4 Å². The molecule has 0 aromatic heterocycles. The van der Waals surface area contributed by atoms with Crippen molar-refractivity contribution >= 4 is 6.09 Å². The number of amides is 1. The summed E-state index contributed by atoms with van der Waals surface area (Å²) in [5.41, 5.74) is 1.83. The number of carbonyl (C=O) groups is 1. The number of hydrogen-bond acceptors (Lipinski definition) is 2. The molecule has 100 valence electrons. The van der Waals surface area contributed by atoms with Gasteiger partial charge < -0.3 is 9.64 Å². The predicted octanol–water partition coefficient (Wildman–Crippen LogP) is 3.13. The van der Waals surface area contributed by atoms with Crippen LogP contribution in [0.3, 0.4) is 0 Å². The van der Waals surface area contributed by atoms with E-state index in [-0.39, 0.29) is 6.54 Å². The maximum absolute atomic E-state index is 11.9. The van der Waals surface area contributed by atoms with Crippen molar-refractivity contribution in [2.45, 2.75) is 19.6 Å². The molecule has 0 aliphatic carbocycles. The first kappa shape index (κ1) is 14.3. The molecule has 0 fully saturated rings. The van der Waals surface area contributed by atoms with Crippen LogP contribution < -0.4 is 0 Å². The molecule has 0 saturated carbocycles.